The zero-order valence-electron chi connectivity index (χ0n) is 7.51. The molecule has 0 bridgehead atoms. The van der Waals surface area contributed by atoms with Crippen molar-refractivity contribution in [2.45, 2.75) is 19.9 Å². The zero-order valence-corrected chi connectivity index (χ0v) is 8.27. The highest BCUT2D eigenvalue weighted by Gasteiger charge is 2.07. The molecule has 0 amide bonds. The predicted molar refractivity (Wildman–Crippen MR) is 47.8 cm³/mol. The van der Waals surface area contributed by atoms with Gasteiger partial charge in [-0.25, -0.2) is 0 Å². The van der Waals surface area contributed by atoms with E-state index in [-0.39, 0.29) is 0 Å². The van der Waals surface area contributed by atoms with Crippen molar-refractivity contribution in [1.29, 1.82) is 0 Å². The number of halogens is 1. The van der Waals surface area contributed by atoms with Crippen molar-refractivity contribution in [1.82, 2.24) is 24.9 Å². The van der Waals surface area contributed by atoms with Gasteiger partial charge >= 0.3 is 0 Å². The number of aryl methyl sites for hydroxylation is 2. The number of nitrogens with zero attached hydrogens (tertiary/aromatic N) is 5. The van der Waals surface area contributed by atoms with Crippen molar-refractivity contribution in [2.75, 3.05) is 0 Å². The summed E-state index contributed by atoms with van der Waals surface area (Å²) in [5.74, 6) is 1.35. The van der Waals surface area contributed by atoms with Gasteiger partial charge in [-0.05, 0) is 18.5 Å². The third kappa shape index (κ3) is 1.74. The van der Waals surface area contributed by atoms with Gasteiger partial charge in [-0.15, -0.1) is 10.2 Å². The molecule has 6 nitrogen and oxygen atoms in total. The summed E-state index contributed by atoms with van der Waals surface area (Å²) < 4.78 is 6.64. The average molecular weight is 214 g/mol. The van der Waals surface area contributed by atoms with E-state index < -0.39 is 0 Å². The Morgan fingerprint density at radius 1 is 1.50 bits per heavy atom. The lowest BCUT2D eigenvalue weighted by Gasteiger charge is -2.01. The monoisotopic (exact) mass is 213 g/mol. The summed E-state index contributed by atoms with van der Waals surface area (Å²) in [6.45, 7) is 2.48. The Morgan fingerprint density at radius 2 is 2.36 bits per heavy atom. The molecule has 0 aliphatic carbocycles. The number of aromatic nitrogens is 5. The van der Waals surface area contributed by atoms with Crippen molar-refractivity contribution in [3.05, 3.63) is 23.3 Å². The molecule has 0 spiro atoms. The van der Waals surface area contributed by atoms with E-state index >= 15 is 0 Å². The van der Waals surface area contributed by atoms with Gasteiger partial charge < -0.3 is 9.09 Å². The summed E-state index contributed by atoms with van der Waals surface area (Å²) >= 11 is 5.81. The van der Waals surface area contributed by atoms with Gasteiger partial charge in [0.1, 0.15) is 5.82 Å². The highest BCUT2D eigenvalue weighted by molar-refractivity contribution is 6.28. The lowest BCUT2D eigenvalue weighted by molar-refractivity contribution is 0.370. The molecule has 7 heteroatoms. The maximum absolute atomic E-state index is 5.81. The van der Waals surface area contributed by atoms with Crippen LogP contribution in [0.25, 0.3) is 0 Å². The Morgan fingerprint density at radius 3 is 2.93 bits per heavy atom. The molecule has 0 fully saturated rings. The summed E-state index contributed by atoms with van der Waals surface area (Å²) in [5.41, 5.74) is 0. The van der Waals surface area contributed by atoms with Crippen LogP contribution in [0.5, 0.6) is 0 Å². The number of rotatable bonds is 3. The van der Waals surface area contributed by atoms with Crippen molar-refractivity contribution in [2.24, 2.45) is 0 Å². The number of hydrogen-bond donors (Lipinski definition) is 0. The minimum Gasteiger partial charge on any atom is -0.340 e. The largest absolute Gasteiger partial charge is 0.340 e. The quantitative estimate of drug-likeness (QED) is 0.757. The molecule has 14 heavy (non-hydrogen) atoms. The van der Waals surface area contributed by atoms with Crippen LogP contribution in [0.4, 0.5) is 0 Å². The second-order valence-electron chi connectivity index (χ2n) is 2.75. The van der Waals surface area contributed by atoms with Gasteiger partial charge in [0.15, 0.2) is 6.33 Å². The van der Waals surface area contributed by atoms with Crippen LogP contribution < -0.4 is 0 Å². The Hall–Kier alpha value is -1.43. The Balaban J connectivity index is 2.05. The Bertz CT molecular complexity index is 390. The van der Waals surface area contributed by atoms with Crippen LogP contribution in [0.3, 0.4) is 0 Å². The van der Waals surface area contributed by atoms with E-state index in [1.54, 1.807) is 4.57 Å². The lowest BCUT2D eigenvalue weighted by Crippen LogP contribution is -2.03. The van der Waals surface area contributed by atoms with E-state index in [1.165, 1.54) is 6.33 Å². The fourth-order valence-corrected chi connectivity index (χ4v) is 1.37. The van der Waals surface area contributed by atoms with Gasteiger partial charge in [-0.2, -0.15) is 4.98 Å². The standard InChI is InChI=1S/C7H8ClN5O/c1-5-11-12-7(8)13(5)3-2-6-9-4-10-14-6/h4H,2-3H2,1H3. The van der Waals surface area contributed by atoms with Crippen LogP contribution in [-0.2, 0) is 13.0 Å². The van der Waals surface area contributed by atoms with E-state index in [0.29, 0.717) is 24.1 Å². The second-order valence-corrected chi connectivity index (χ2v) is 3.09. The van der Waals surface area contributed by atoms with Gasteiger partial charge in [0.2, 0.25) is 11.2 Å². The first-order valence-corrected chi connectivity index (χ1v) is 4.46. The molecular weight excluding hydrogens is 206 g/mol. The topological polar surface area (TPSA) is 69.6 Å². The minimum atomic E-state index is 0.377. The van der Waals surface area contributed by atoms with E-state index in [1.807, 2.05) is 6.92 Å². The highest BCUT2D eigenvalue weighted by atomic mass is 35.5. The molecule has 0 atom stereocenters. The van der Waals surface area contributed by atoms with Gasteiger partial charge in [-0.3, -0.25) is 0 Å². The van der Waals surface area contributed by atoms with Gasteiger partial charge in [-0.1, -0.05) is 5.16 Å². The fraction of sp³-hybridized carbons (Fsp3) is 0.429. The molecule has 2 rings (SSSR count). The van der Waals surface area contributed by atoms with Crippen molar-refractivity contribution in [3.8, 4) is 0 Å². The molecule has 0 saturated carbocycles. The van der Waals surface area contributed by atoms with Crippen molar-refractivity contribution >= 4 is 11.6 Å². The molecule has 0 aliphatic rings. The lowest BCUT2D eigenvalue weighted by atomic mass is 10.4. The Labute approximate surface area is 84.9 Å². The van der Waals surface area contributed by atoms with Crippen LogP contribution in [0.2, 0.25) is 5.28 Å². The maximum Gasteiger partial charge on any atom is 0.228 e. The first kappa shape index (κ1) is 9.14. The third-order valence-electron chi connectivity index (χ3n) is 1.85. The van der Waals surface area contributed by atoms with E-state index in [9.17, 15) is 0 Å². The molecule has 0 unspecified atom stereocenters. The van der Waals surface area contributed by atoms with Crippen molar-refractivity contribution < 1.29 is 4.52 Å². The van der Waals surface area contributed by atoms with Crippen LogP contribution in [-0.4, -0.2) is 24.9 Å². The van der Waals surface area contributed by atoms with Crippen LogP contribution in [0.1, 0.15) is 11.7 Å². The van der Waals surface area contributed by atoms with Gasteiger partial charge in [0.05, 0.1) is 0 Å². The molecule has 0 N–H and O–H groups in total. The summed E-state index contributed by atoms with van der Waals surface area (Å²) in [7, 11) is 0. The predicted octanol–water partition coefficient (Wildman–Crippen LogP) is 0.866. The molecule has 74 valence electrons. The molecule has 0 aliphatic heterocycles. The molecule has 0 saturated heterocycles. The van der Waals surface area contributed by atoms with E-state index in [2.05, 4.69) is 20.3 Å². The summed E-state index contributed by atoms with van der Waals surface area (Å²) in [5, 5.41) is 11.4. The molecule has 2 aromatic heterocycles. The van der Waals surface area contributed by atoms with Crippen LogP contribution >= 0.6 is 11.6 Å². The third-order valence-corrected chi connectivity index (χ3v) is 2.13. The Kier molecular flexibility index (Phi) is 2.45. The highest BCUT2D eigenvalue weighted by Crippen LogP contribution is 2.08. The normalized spacial score (nSPS) is 10.7. The fourth-order valence-electron chi connectivity index (χ4n) is 1.12. The maximum atomic E-state index is 5.81. The molecule has 0 aromatic carbocycles. The van der Waals surface area contributed by atoms with E-state index in [4.69, 9.17) is 16.1 Å². The first-order chi connectivity index (χ1) is 6.77. The first-order valence-electron chi connectivity index (χ1n) is 4.08. The second kappa shape index (κ2) is 3.75. The van der Waals surface area contributed by atoms with Gasteiger partial charge in [0.25, 0.3) is 0 Å². The van der Waals surface area contributed by atoms with Crippen LogP contribution in [0, 0.1) is 6.92 Å². The molecular formula is C7H8ClN5O. The number of hydrogen-bond acceptors (Lipinski definition) is 5. The summed E-state index contributed by atoms with van der Waals surface area (Å²) in [6.07, 6.45) is 1.99. The van der Waals surface area contributed by atoms with Crippen molar-refractivity contribution in [3.63, 3.8) is 0 Å². The average Bonchev–Trinajstić information content (AvgIpc) is 2.76. The molecule has 2 aromatic rings. The molecule has 0 radical (unpaired) electrons. The molecule has 2 heterocycles. The zero-order chi connectivity index (χ0) is 9.97. The summed E-state index contributed by atoms with van der Waals surface area (Å²) in [4.78, 5) is 3.90. The minimum absolute atomic E-state index is 0.377. The SMILES string of the molecule is Cc1nnc(Cl)n1CCc1ncno1. The summed E-state index contributed by atoms with van der Waals surface area (Å²) in [6, 6.07) is 0. The smallest absolute Gasteiger partial charge is 0.228 e. The van der Waals surface area contributed by atoms with E-state index in [0.717, 1.165) is 5.82 Å². The van der Waals surface area contributed by atoms with Gasteiger partial charge in [0, 0.05) is 13.0 Å². The van der Waals surface area contributed by atoms with Crippen LogP contribution in [0.15, 0.2) is 10.9 Å².